The van der Waals surface area contributed by atoms with Gasteiger partial charge >= 0.3 is 5.97 Å². The van der Waals surface area contributed by atoms with Crippen molar-refractivity contribution < 1.29 is 14.3 Å². The number of methoxy groups -OCH3 is 1. The maximum absolute atomic E-state index is 12.7. The predicted molar refractivity (Wildman–Crippen MR) is 101 cm³/mol. The normalized spacial score (nSPS) is 19.2. The van der Waals surface area contributed by atoms with Gasteiger partial charge in [0, 0.05) is 18.0 Å². The number of nitrogens with zero attached hydrogens (tertiary/aromatic N) is 1. The van der Waals surface area contributed by atoms with Gasteiger partial charge in [0.05, 0.1) is 18.2 Å². The molecule has 2 aliphatic heterocycles. The number of anilines is 1. The second kappa shape index (κ2) is 6.74. The van der Waals surface area contributed by atoms with Crippen molar-refractivity contribution in [1.29, 1.82) is 0 Å². The molecule has 0 unspecified atom stereocenters. The lowest BCUT2D eigenvalue weighted by Gasteiger charge is -2.28. The first-order valence-electron chi connectivity index (χ1n) is 8.73. The molecular formula is C19H21N3O3S. The lowest BCUT2D eigenvalue weighted by atomic mass is 10.00. The number of hydrogen-bond donors (Lipinski definition) is 2. The zero-order chi connectivity index (χ0) is 18.3. The smallest absolute Gasteiger partial charge is 0.337 e. The summed E-state index contributed by atoms with van der Waals surface area (Å²) in [5.41, 5.74) is 3.39. The molecule has 2 aromatic rings. The van der Waals surface area contributed by atoms with Gasteiger partial charge in [0.2, 0.25) is 0 Å². The van der Waals surface area contributed by atoms with Crippen molar-refractivity contribution in [3.8, 4) is 0 Å². The topological polar surface area (TPSA) is 70.7 Å². The number of rotatable bonds is 3. The molecular weight excluding hydrogens is 350 g/mol. The van der Waals surface area contributed by atoms with Gasteiger partial charge in [0.1, 0.15) is 11.2 Å². The van der Waals surface area contributed by atoms with E-state index in [9.17, 15) is 9.59 Å². The molecule has 0 saturated carbocycles. The number of nitrogens with one attached hydrogen (secondary N) is 2. The van der Waals surface area contributed by atoms with Crippen LogP contribution in [-0.2, 0) is 17.7 Å². The summed E-state index contributed by atoms with van der Waals surface area (Å²) in [7, 11) is 1.36. The fourth-order valence-corrected chi connectivity index (χ4v) is 4.85. The van der Waals surface area contributed by atoms with E-state index in [2.05, 4.69) is 22.5 Å². The summed E-state index contributed by atoms with van der Waals surface area (Å²) in [6, 6.07) is 7.09. The molecule has 6 nitrogen and oxygen atoms in total. The average Bonchev–Trinajstić information content (AvgIpc) is 3.05. The molecule has 0 bridgehead atoms. The van der Waals surface area contributed by atoms with E-state index < -0.39 is 0 Å². The molecule has 136 valence electrons. The van der Waals surface area contributed by atoms with E-state index in [1.807, 2.05) is 12.1 Å². The molecule has 1 aromatic carbocycles. The van der Waals surface area contributed by atoms with Gasteiger partial charge in [-0.3, -0.25) is 9.69 Å². The number of likely N-dealkylation sites (N-methyl/N-ethyl adjacent to an activating group) is 1. The molecule has 1 amide bonds. The van der Waals surface area contributed by atoms with Crippen LogP contribution >= 0.6 is 11.3 Å². The van der Waals surface area contributed by atoms with Crippen molar-refractivity contribution in [2.75, 3.05) is 25.5 Å². The van der Waals surface area contributed by atoms with E-state index >= 15 is 0 Å². The van der Waals surface area contributed by atoms with Crippen molar-refractivity contribution in [2.45, 2.75) is 26.1 Å². The fraction of sp³-hybridized carbons (Fsp3) is 0.368. The number of esters is 1. The highest BCUT2D eigenvalue weighted by atomic mass is 32.1. The Bertz CT molecular complexity index is 860. The summed E-state index contributed by atoms with van der Waals surface area (Å²) < 4.78 is 4.72. The Labute approximate surface area is 156 Å². The molecule has 0 radical (unpaired) electrons. The van der Waals surface area contributed by atoms with Gasteiger partial charge in [-0.15, -0.1) is 11.3 Å². The van der Waals surface area contributed by atoms with Gasteiger partial charge in [0.25, 0.3) is 5.91 Å². The van der Waals surface area contributed by atoms with Gasteiger partial charge in [-0.2, -0.15) is 0 Å². The Morgan fingerprint density at radius 1 is 1.31 bits per heavy atom. The molecule has 7 heteroatoms. The number of ether oxygens (including phenoxy) is 1. The van der Waals surface area contributed by atoms with Crippen molar-refractivity contribution in [1.82, 2.24) is 10.2 Å². The van der Waals surface area contributed by atoms with Crippen LogP contribution in [0.25, 0.3) is 0 Å². The summed E-state index contributed by atoms with van der Waals surface area (Å²) >= 11 is 1.68. The number of fused-ring (bicyclic) bond motifs is 3. The number of carbonyl (C=O) groups excluding carboxylic acids is 2. The molecule has 0 aliphatic carbocycles. The highest BCUT2D eigenvalue weighted by Crippen LogP contribution is 2.40. The molecule has 0 spiro atoms. The highest BCUT2D eigenvalue weighted by Gasteiger charge is 2.33. The number of thiophene rings is 1. The number of benzene rings is 1. The first-order chi connectivity index (χ1) is 12.6. The van der Waals surface area contributed by atoms with E-state index in [1.54, 1.807) is 23.5 Å². The van der Waals surface area contributed by atoms with Gasteiger partial charge in [0.15, 0.2) is 0 Å². The second-order valence-corrected chi connectivity index (χ2v) is 7.60. The standard InChI is InChI=1S/C19H21N3O3S/c1-3-22-9-8-13-14(10-22)26-18-15(13)17(23)20-16(21-18)11-4-6-12(7-5-11)19(24)25-2/h4-7,16,21H,3,8-10H2,1-2H3,(H,20,23)/t16-/m1/s1. The van der Waals surface area contributed by atoms with Crippen LogP contribution in [0.1, 0.15) is 49.8 Å². The number of amides is 1. The van der Waals surface area contributed by atoms with Crippen LogP contribution in [0, 0.1) is 0 Å². The van der Waals surface area contributed by atoms with Crippen LogP contribution in [-0.4, -0.2) is 37.0 Å². The van der Waals surface area contributed by atoms with Gasteiger partial charge in [-0.1, -0.05) is 19.1 Å². The third-order valence-corrected chi connectivity index (χ3v) is 6.17. The molecule has 1 atom stereocenters. The maximum Gasteiger partial charge on any atom is 0.337 e. The van der Waals surface area contributed by atoms with E-state index in [0.717, 1.165) is 42.2 Å². The van der Waals surface area contributed by atoms with Crippen LogP contribution in [0.2, 0.25) is 0 Å². The average molecular weight is 371 g/mol. The monoisotopic (exact) mass is 371 g/mol. The van der Waals surface area contributed by atoms with Crippen LogP contribution in [0.5, 0.6) is 0 Å². The van der Waals surface area contributed by atoms with Crippen molar-refractivity contribution in [2.24, 2.45) is 0 Å². The third kappa shape index (κ3) is 2.87. The Balaban J connectivity index is 1.60. The fourth-order valence-electron chi connectivity index (χ4n) is 3.53. The zero-order valence-corrected chi connectivity index (χ0v) is 15.6. The van der Waals surface area contributed by atoms with Gasteiger partial charge in [-0.25, -0.2) is 4.79 Å². The van der Waals surface area contributed by atoms with E-state index in [4.69, 9.17) is 4.74 Å². The molecule has 2 aliphatic rings. The Hall–Kier alpha value is -2.38. The first-order valence-corrected chi connectivity index (χ1v) is 9.55. The number of hydrogen-bond acceptors (Lipinski definition) is 6. The van der Waals surface area contributed by atoms with Gasteiger partial charge in [-0.05, 0) is 36.2 Å². The zero-order valence-electron chi connectivity index (χ0n) is 14.8. The minimum Gasteiger partial charge on any atom is -0.465 e. The quantitative estimate of drug-likeness (QED) is 0.812. The van der Waals surface area contributed by atoms with Crippen molar-refractivity contribution >= 4 is 28.2 Å². The van der Waals surface area contributed by atoms with E-state index in [0.29, 0.717) is 5.56 Å². The minimum absolute atomic E-state index is 0.0248. The van der Waals surface area contributed by atoms with Crippen LogP contribution in [0.4, 0.5) is 5.00 Å². The summed E-state index contributed by atoms with van der Waals surface area (Å²) in [6.45, 7) is 5.10. The van der Waals surface area contributed by atoms with Gasteiger partial charge < -0.3 is 15.4 Å². The summed E-state index contributed by atoms with van der Waals surface area (Å²) in [4.78, 5) is 28.0. The Morgan fingerprint density at radius 3 is 2.77 bits per heavy atom. The predicted octanol–water partition coefficient (Wildman–Crippen LogP) is 2.77. The largest absolute Gasteiger partial charge is 0.465 e. The van der Waals surface area contributed by atoms with Crippen LogP contribution in [0.15, 0.2) is 24.3 Å². The summed E-state index contributed by atoms with van der Waals surface area (Å²) in [5, 5.41) is 7.43. The summed E-state index contributed by atoms with van der Waals surface area (Å²) in [5.74, 6) is -0.394. The minimum atomic E-state index is -0.370. The van der Waals surface area contributed by atoms with E-state index in [1.165, 1.54) is 17.6 Å². The molecule has 0 saturated heterocycles. The van der Waals surface area contributed by atoms with Crippen molar-refractivity contribution in [3.05, 3.63) is 51.4 Å². The maximum atomic E-state index is 12.7. The second-order valence-electron chi connectivity index (χ2n) is 6.49. The lowest BCUT2D eigenvalue weighted by Crippen LogP contribution is -2.38. The highest BCUT2D eigenvalue weighted by molar-refractivity contribution is 7.16. The van der Waals surface area contributed by atoms with Crippen LogP contribution in [0.3, 0.4) is 0 Å². The third-order valence-electron chi connectivity index (χ3n) is 5.03. The molecule has 0 fully saturated rings. The Morgan fingerprint density at radius 2 is 2.08 bits per heavy atom. The van der Waals surface area contributed by atoms with E-state index in [-0.39, 0.29) is 18.0 Å². The van der Waals surface area contributed by atoms with Crippen LogP contribution < -0.4 is 10.6 Å². The summed E-state index contributed by atoms with van der Waals surface area (Å²) in [6.07, 6.45) is 0.617. The first kappa shape index (κ1) is 17.1. The SMILES string of the molecule is CCN1CCc2c(sc3c2C(=O)N[C@@H](c2ccc(C(=O)OC)cc2)N3)C1. The molecule has 2 N–H and O–H groups in total. The molecule has 3 heterocycles. The number of carbonyl (C=O) groups is 2. The Kier molecular flexibility index (Phi) is 4.42. The molecule has 4 rings (SSSR count). The molecule has 26 heavy (non-hydrogen) atoms. The molecule has 1 aromatic heterocycles. The van der Waals surface area contributed by atoms with Crippen molar-refractivity contribution in [3.63, 3.8) is 0 Å². The lowest BCUT2D eigenvalue weighted by molar-refractivity contribution is 0.0600.